The molecular weight excluding hydrogens is 246 g/mol. The molecule has 0 saturated carbocycles. The average molecular weight is 262 g/mol. The van der Waals surface area contributed by atoms with Crippen molar-refractivity contribution in [2.24, 2.45) is 5.73 Å². The summed E-state index contributed by atoms with van der Waals surface area (Å²) < 4.78 is 26.2. The molecule has 0 amide bonds. The Morgan fingerprint density at radius 2 is 1.68 bits per heavy atom. The highest BCUT2D eigenvalue weighted by atomic mass is 19.1. The van der Waals surface area contributed by atoms with Crippen LogP contribution >= 0.6 is 0 Å². The van der Waals surface area contributed by atoms with Crippen molar-refractivity contribution in [2.75, 3.05) is 11.9 Å². The topological polar surface area (TPSA) is 38.0 Å². The van der Waals surface area contributed by atoms with Gasteiger partial charge >= 0.3 is 0 Å². The number of halogens is 2. The molecule has 0 bridgehead atoms. The van der Waals surface area contributed by atoms with Crippen molar-refractivity contribution in [2.45, 2.75) is 13.0 Å². The molecule has 19 heavy (non-hydrogen) atoms. The monoisotopic (exact) mass is 262 g/mol. The number of rotatable bonds is 4. The fourth-order valence-corrected chi connectivity index (χ4v) is 2.00. The van der Waals surface area contributed by atoms with E-state index in [9.17, 15) is 8.78 Å². The highest BCUT2D eigenvalue weighted by molar-refractivity contribution is 5.46. The number of aryl methyl sites for hydroxylation is 1. The standard InChI is InChI=1S/C15H16F2N2/c1-10-2-3-12(17)8-14(10)15(9-18)19-13-6-4-11(16)5-7-13/h2-8,15,19H,9,18H2,1H3. The summed E-state index contributed by atoms with van der Waals surface area (Å²) in [5.74, 6) is -0.586. The molecule has 0 heterocycles. The summed E-state index contributed by atoms with van der Waals surface area (Å²) in [6.45, 7) is 2.23. The zero-order chi connectivity index (χ0) is 13.8. The summed E-state index contributed by atoms with van der Waals surface area (Å²) in [6, 6.07) is 10.4. The van der Waals surface area contributed by atoms with Crippen LogP contribution in [0, 0.1) is 18.6 Å². The lowest BCUT2D eigenvalue weighted by Gasteiger charge is -2.20. The van der Waals surface area contributed by atoms with Gasteiger partial charge in [-0.15, -0.1) is 0 Å². The maximum absolute atomic E-state index is 13.3. The molecule has 4 heteroatoms. The minimum atomic E-state index is -0.295. The van der Waals surface area contributed by atoms with Crippen LogP contribution in [-0.2, 0) is 0 Å². The van der Waals surface area contributed by atoms with Crippen molar-refractivity contribution in [3.8, 4) is 0 Å². The molecule has 0 aliphatic rings. The van der Waals surface area contributed by atoms with Gasteiger partial charge in [-0.2, -0.15) is 0 Å². The fraction of sp³-hybridized carbons (Fsp3) is 0.200. The predicted octanol–water partition coefficient (Wildman–Crippen LogP) is 3.39. The first-order chi connectivity index (χ1) is 9.10. The van der Waals surface area contributed by atoms with Crippen LogP contribution in [0.2, 0.25) is 0 Å². The van der Waals surface area contributed by atoms with Crippen LogP contribution in [0.4, 0.5) is 14.5 Å². The molecule has 0 saturated heterocycles. The van der Waals surface area contributed by atoms with Gasteiger partial charge in [0.1, 0.15) is 11.6 Å². The third-order valence-electron chi connectivity index (χ3n) is 3.04. The third kappa shape index (κ3) is 3.29. The first kappa shape index (κ1) is 13.5. The van der Waals surface area contributed by atoms with Crippen molar-refractivity contribution in [1.82, 2.24) is 0 Å². The van der Waals surface area contributed by atoms with E-state index < -0.39 is 0 Å². The highest BCUT2D eigenvalue weighted by Gasteiger charge is 2.13. The van der Waals surface area contributed by atoms with E-state index in [1.54, 1.807) is 18.2 Å². The lowest BCUT2D eigenvalue weighted by molar-refractivity contribution is 0.621. The van der Waals surface area contributed by atoms with Gasteiger partial charge in [0.15, 0.2) is 0 Å². The second-order valence-electron chi connectivity index (χ2n) is 4.44. The fourth-order valence-electron chi connectivity index (χ4n) is 2.00. The van der Waals surface area contributed by atoms with Gasteiger partial charge in [0.25, 0.3) is 0 Å². The zero-order valence-corrected chi connectivity index (χ0v) is 10.7. The van der Waals surface area contributed by atoms with Gasteiger partial charge < -0.3 is 11.1 Å². The number of nitrogens with two attached hydrogens (primary N) is 1. The Morgan fingerprint density at radius 1 is 1.05 bits per heavy atom. The molecule has 1 atom stereocenters. The van der Waals surface area contributed by atoms with E-state index in [1.807, 2.05) is 6.92 Å². The summed E-state index contributed by atoms with van der Waals surface area (Å²) in [6.07, 6.45) is 0. The Bertz CT molecular complexity index is 553. The molecule has 0 aliphatic heterocycles. The van der Waals surface area contributed by atoms with Gasteiger partial charge in [0.05, 0.1) is 6.04 Å². The van der Waals surface area contributed by atoms with Crippen LogP contribution in [0.3, 0.4) is 0 Å². The van der Waals surface area contributed by atoms with E-state index in [0.717, 1.165) is 16.8 Å². The smallest absolute Gasteiger partial charge is 0.123 e. The largest absolute Gasteiger partial charge is 0.377 e. The Balaban J connectivity index is 2.24. The number of hydrogen-bond donors (Lipinski definition) is 2. The first-order valence-electron chi connectivity index (χ1n) is 6.08. The van der Waals surface area contributed by atoms with Crippen LogP contribution < -0.4 is 11.1 Å². The van der Waals surface area contributed by atoms with Gasteiger partial charge in [0, 0.05) is 12.2 Å². The van der Waals surface area contributed by atoms with Crippen LogP contribution in [0.25, 0.3) is 0 Å². The van der Waals surface area contributed by atoms with E-state index >= 15 is 0 Å². The molecule has 2 rings (SSSR count). The second-order valence-corrected chi connectivity index (χ2v) is 4.44. The molecule has 0 spiro atoms. The predicted molar refractivity (Wildman–Crippen MR) is 73.0 cm³/mol. The van der Waals surface area contributed by atoms with E-state index in [2.05, 4.69) is 5.32 Å². The maximum atomic E-state index is 13.3. The van der Waals surface area contributed by atoms with Crippen LogP contribution in [0.1, 0.15) is 17.2 Å². The SMILES string of the molecule is Cc1ccc(F)cc1C(CN)Nc1ccc(F)cc1. The van der Waals surface area contributed by atoms with Crippen molar-refractivity contribution in [1.29, 1.82) is 0 Å². The minimum Gasteiger partial charge on any atom is -0.377 e. The maximum Gasteiger partial charge on any atom is 0.123 e. The molecule has 0 radical (unpaired) electrons. The average Bonchev–Trinajstić information content (AvgIpc) is 2.41. The Hall–Kier alpha value is -1.94. The molecule has 2 aromatic rings. The number of nitrogens with one attached hydrogen (secondary N) is 1. The van der Waals surface area contributed by atoms with Crippen molar-refractivity contribution in [3.63, 3.8) is 0 Å². The third-order valence-corrected chi connectivity index (χ3v) is 3.04. The number of benzene rings is 2. The normalized spacial score (nSPS) is 12.2. The molecule has 0 aromatic heterocycles. The molecule has 2 aromatic carbocycles. The summed E-state index contributed by atoms with van der Waals surface area (Å²) >= 11 is 0. The van der Waals surface area contributed by atoms with Crippen LogP contribution in [-0.4, -0.2) is 6.54 Å². The summed E-state index contributed by atoms with van der Waals surface area (Å²) in [5, 5.41) is 3.18. The summed E-state index contributed by atoms with van der Waals surface area (Å²) in [7, 11) is 0. The quantitative estimate of drug-likeness (QED) is 0.886. The molecule has 1 unspecified atom stereocenters. The first-order valence-corrected chi connectivity index (χ1v) is 6.08. The Labute approximate surface area is 111 Å². The lowest BCUT2D eigenvalue weighted by Crippen LogP contribution is -2.21. The van der Waals surface area contributed by atoms with E-state index in [1.165, 1.54) is 24.3 Å². The highest BCUT2D eigenvalue weighted by Crippen LogP contribution is 2.22. The van der Waals surface area contributed by atoms with E-state index in [-0.39, 0.29) is 17.7 Å². The Kier molecular flexibility index (Phi) is 4.12. The van der Waals surface area contributed by atoms with Crippen LogP contribution in [0.15, 0.2) is 42.5 Å². The van der Waals surface area contributed by atoms with Gasteiger partial charge in [-0.3, -0.25) is 0 Å². The van der Waals surface area contributed by atoms with Gasteiger partial charge in [-0.05, 0) is 54.4 Å². The van der Waals surface area contributed by atoms with Gasteiger partial charge in [-0.25, -0.2) is 8.78 Å². The van der Waals surface area contributed by atoms with Crippen molar-refractivity contribution in [3.05, 3.63) is 65.2 Å². The summed E-state index contributed by atoms with van der Waals surface area (Å²) in [5.41, 5.74) is 8.27. The Morgan fingerprint density at radius 3 is 2.32 bits per heavy atom. The second kappa shape index (κ2) is 5.80. The molecule has 2 nitrogen and oxygen atoms in total. The number of hydrogen-bond acceptors (Lipinski definition) is 2. The lowest BCUT2D eigenvalue weighted by atomic mass is 10.0. The van der Waals surface area contributed by atoms with E-state index in [4.69, 9.17) is 5.73 Å². The molecule has 0 fully saturated rings. The van der Waals surface area contributed by atoms with Gasteiger partial charge in [0.2, 0.25) is 0 Å². The summed E-state index contributed by atoms with van der Waals surface area (Å²) in [4.78, 5) is 0. The van der Waals surface area contributed by atoms with Gasteiger partial charge in [-0.1, -0.05) is 6.07 Å². The minimum absolute atomic E-state index is 0.207. The van der Waals surface area contributed by atoms with Crippen molar-refractivity contribution >= 4 is 5.69 Å². The molecular formula is C15H16F2N2. The van der Waals surface area contributed by atoms with E-state index in [0.29, 0.717) is 6.54 Å². The van der Waals surface area contributed by atoms with Crippen LogP contribution in [0.5, 0.6) is 0 Å². The van der Waals surface area contributed by atoms with Crippen molar-refractivity contribution < 1.29 is 8.78 Å². The molecule has 0 aliphatic carbocycles. The zero-order valence-electron chi connectivity index (χ0n) is 10.7. The number of anilines is 1. The molecule has 100 valence electrons. The molecule has 3 N–H and O–H groups in total.